The normalized spacial score (nSPS) is 14.6. The summed E-state index contributed by atoms with van der Waals surface area (Å²) in [7, 11) is -3.03. The van der Waals surface area contributed by atoms with Gasteiger partial charge in [0.2, 0.25) is 7.37 Å². The zero-order chi connectivity index (χ0) is 11.7. The Morgan fingerprint density at radius 1 is 1.27 bits per heavy atom. The average molecular weight is 240 g/mol. The van der Waals surface area contributed by atoms with E-state index in [1.807, 2.05) is 0 Å². The van der Waals surface area contributed by atoms with Gasteiger partial charge in [-0.25, -0.2) is 0 Å². The van der Waals surface area contributed by atoms with Gasteiger partial charge >= 0.3 is 5.97 Å². The van der Waals surface area contributed by atoms with Crippen LogP contribution in [0.3, 0.4) is 0 Å². The molecule has 1 atom stereocenters. The maximum absolute atomic E-state index is 11.8. The third-order valence-electron chi connectivity index (χ3n) is 1.62. The largest absolute Gasteiger partial charge is 0.463 e. The molecule has 0 aliphatic carbocycles. The molecule has 0 aliphatic heterocycles. The lowest BCUT2D eigenvalue weighted by molar-refractivity contribution is -0.141. The Labute approximate surface area is 88.6 Å². The van der Waals surface area contributed by atoms with E-state index in [-0.39, 0.29) is 38.8 Å². The van der Waals surface area contributed by atoms with Crippen LogP contribution < -0.4 is 0 Å². The zero-order valence-corrected chi connectivity index (χ0v) is 9.61. The van der Waals surface area contributed by atoms with Crippen molar-refractivity contribution in [2.24, 2.45) is 0 Å². The first-order valence-corrected chi connectivity index (χ1v) is 6.67. The van der Waals surface area contributed by atoms with Gasteiger partial charge in [-0.1, -0.05) is 6.92 Å². The number of aliphatic hydroxyl groups is 2. The molecule has 15 heavy (non-hydrogen) atoms. The molecule has 7 heteroatoms. The van der Waals surface area contributed by atoms with E-state index in [4.69, 9.17) is 14.7 Å². The van der Waals surface area contributed by atoms with Crippen molar-refractivity contribution in [1.82, 2.24) is 0 Å². The van der Waals surface area contributed by atoms with Gasteiger partial charge in [-0.2, -0.15) is 0 Å². The lowest BCUT2D eigenvalue weighted by Crippen LogP contribution is -2.15. The average Bonchev–Trinajstić information content (AvgIpc) is 2.23. The predicted octanol–water partition coefficient (Wildman–Crippen LogP) is -0.171. The van der Waals surface area contributed by atoms with Gasteiger partial charge in [0, 0.05) is 6.16 Å². The van der Waals surface area contributed by atoms with Crippen molar-refractivity contribution in [2.45, 2.75) is 6.92 Å². The monoisotopic (exact) mass is 240 g/mol. The molecule has 0 amide bonds. The molecule has 0 heterocycles. The highest BCUT2D eigenvalue weighted by Gasteiger charge is 2.25. The Morgan fingerprint density at radius 2 is 1.87 bits per heavy atom. The number of carbonyl (C=O) groups is 1. The minimum atomic E-state index is -3.03. The van der Waals surface area contributed by atoms with Gasteiger partial charge in [-0.3, -0.25) is 9.36 Å². The summed E-state index contributed by atoms with van der Waals surface area (Å²) < 4.78 is 21.3. The molecule has 0 aromatic rings. The highest BCUT2D eigenvalue weighted by molar-refractivity contribution is 7.59. The van der Waals surface area contributed by atoms with E-state index in [1.54, 1.807) is 6.92 Å². The van der Waals surface area contributed by atoms with Gasteiger partial charge < -0.3 is 19.5 Å². The van der Waals surface area contributed by atoms with E-state index in [0.29, 0.717) is 0 Å². The Balaban J connectivity index is 4.06. The van der Waals surface area contributed by atoms with E-state index in [1.165, 1.54) is 0 Å². The molecule has 0 radical (unpaired) electrons. The van der Waals surface area contributed by atoms with E-state index >= 15 is 0 Å². The first-order chi connectivity index (χ1) is 7.08. The summed E-state index contributed by atoms with van der Waals surface area (Å²) in [6.45, 7) is 0.966. The molecule has 90 valence electrons. The van der Waals surface area contributed by atoms with Crippen molar-refractivity contribution in [3.8, 4) is 0 Å². The van der Waals surface area contributed by atoms with Crippen molar-refractivity contribution >= 4 is 13.3 Å². The quantitative estimate of drug-likeness (QED) is 0.452. The summed E-state index contributed by atoms with van der Waals surface area (Å²) in [5.41, 5.74) is 0. The van der Waals surface area contributed by atoms with Crippen LogP contribution in [0.25, 0.3) is 0 Å². The lowest BCUT2D eigenvalue weighted by Gasteiger charge is -2.15. The molecule has 0 aromatic heterocycles. The Bertz CT molecular complexity index is 229. The zero-order valence-electron chi connectivity index (χ0n) is 8.72. The molecule has 1 unspecified atom stereocenters. The van der Waals surface area contributed by atoms with Crippen LogP contribution in [0, 0.1) is 0 Å². The van der Waals surface area contributed by atoms with Crippen molar-refractivity contribution in [3.63, 3.8) is 0 Å². The standard InChI is InChI=1S/C8H17O6P/c1-2-15(12,14-6-4-10)7-8(11)13-5-3-9/h9-10H,2-7H2,1H3. The molecule has 0 rings (SSSR count). The highest BCUT2D eigenvalue weighted by Crippen LogP contribution is 2.45. The molecule has 0 saturated heterocycles. The van der Waals surface area contributed by atoms with Gasteiger partial charge in [-0.15, -0.1) is 0 Å². The maximum atomic E-state index is 11.8. The molecule has 2 N–H and O–H groups in total. The minimum absolute atomic E-state index is 0.0571. The fourth-order valence-corrected chi connectivity index (χ4v) is 2.25. The number of aliphatic hydroxyl groups excluding tert-OH is 2. The van der Waals surface area contributed by atoms with E-state index < -0.39 is 13.3 Å². The van der Waals surface area contributed by atoms with Gasteiger partial charge in [0.25, 0.3) is 0 Å². The van der Waals surface area contributed by atoms with E-state index in [9.17, 15) is 9.36 Å². The van der Waals surface area contributed by atoms with Crippen LogP contribution in [0.5, 0.6) is 0 Å². The Hall–Kier alpha value is -0.420. The molecule has 0 bridgehead atoms. The fraction of sp³-hybridized carbons (Fsp3) is 0.875. The predicted molar refractivity (Wildman–Crippen MR) is 54.1 cm³/mol. The number of hydrogen-bond acceptors (Lipinski definition) is 6. The number of carbonyl (C=O) groups excluding carboxylic acids is 1. The second kappa shape index (κ2) is 7.82. The van der Waals surface area contributed by atoms with Crippen molar-refractivity contribution in [2.75, 3.05) is 38.8 Å². The summed E-state index contributed by atoms with van der Waals surface area (Å²) in [5, 5.41) is 16.9. The van der Waals surface area contributed by atoms with Gasteiger partial charge in [0.15, 0.2) is 0 Å². The van der Waals surface area contributed by atoms with Crippen LogP contribution in [0.2, 0.25) is 0 Å². The van der Waals surface area contributed by atoms with Crippen LogP contribution in [0.4, 0.5) is 0 Å². The first-order valence-electron chi connectivity index (χ1n) is 4.68. The van der Waals surface area contributed by atoms with E-state index in [2.05, 4.69) is 4.74 Å². The molecular formula is C8H17O6P. The molecule has 0 saturated carbocycles. The van der Waals surface area contributed by atoms with Crippen molar-refractivity contribution in [1.29, 1.82) is 0 Å². The minimum Gasteiger partial charge on any atom is -0.463 e. The summed E-state index contributed by atoms with van der Waals surface area (Å²) in [6.07, 6.45) is -0.106. The number of rotatable bonds is 8. The summed E-state index contributed by atoms with van der Waals surface area (Å²) in [5.74, 6) is -0.660. The van der Waals surface area contributed by atoms with Crippen LogP contribution in [-0.2, 0) is 18.6 Å². The van der Waals surface area contributed by atoms with Gasteiger partial charge in [0.05, 0.1) is 19.8 Å². The topological polar surface area (TPSA) is 93.1 Å². The number of hydrogen-bond donors (Lipinski definition) is 2. The highest BCUT2D eigenvalue weighted by atomic mass is 31.2. The second-order valence-corrected chi connectivity index (χ2v) is 5.63. The smallest absolute Gasteiger partial charge is 0.315 e. The number of ether oxygens (including phenoxy) is 1. The van der Waals surface area contributed by atoms with E-state index in [0.717, 1.165) is 0 Å². The molecule has 6 nitrogen and oxygen atoms in total. The second-order valence-electron chi connectivity index (χ2n) is 2.79. The van der Waals surface area contributed by atoms with Gasteiger partial charge in [-0.05, 0) is 0 Å². The maximum Gasteiger partial charge on any atom is 0.315 e. The lowest BCUT2D eigenvalue weighted by atomic mass is 10.7. The summed E-state index contributed by atoms with van der Waals surface area (Å²) >= 11 is 0. The van der Waals surface area contributed by atoms with Crippen LogP contribution >= 0.6 is 7.37 Å². The Kier molecular flexibility index (Phi) is 7.60. The molecule has 0 spiro atoms. The fourth-order valence-electron chi connectivity index (χ4n) is 0.858. The molecule has 0 fully saturated rings. The van der Waals surface area contributed by atoms with Crippen LogP contribution in [-0.4, -0.2) is 54.9 Å². The molecule has 0 aliphatic rings. The first kappa shape index (κ1) is 14.6. The van der Waals surface area contributed by atoms with Crippen molar-refractivity contribution < 1.29 is 28.8 Å². The van der Waals surface area contributed by atoms with Gasteiger partial charge in [0.1, 0.15) is 12.8 Å². The third-order valence-corrected chi connectivity index (χ3v) is 3.98. The Morgan fingerprint density at radius 3 is 2.33 bits per heavy atom. The number of esters is 1. The van der Waals surface area contributed by atoms with Crippen molar-refractivity contribution in [3.05, 3.63) is 0 Å². The summed E-state index contributed by atoms with van der Waals surface area (Å²) in [4.78, 5) is 11.1. The van der Waals surface area contributed by atoms with Crippen LogP contribution in [0.15, 0.2) is 0 Å². The SMILES string of the molecule is CCP(=O)(CC(=O)OCCO)OCCO. The third kappa shape index (κ3) is 6.62. The summed E-state index contributed by atoms with van der Waals surface area (Å²) in [6, 6.07) is 0. The van der Waals surface area contributed by atoms with Crippen LogP contribution in [0.1, 0.15) is 6.92 Å². The molecule has 0 aromatic carbocycles. The molecular weight excluding hydrogens is 223 g/mol.